The number of fused-ring (bicyclic) bond motifs is 2. The first-order chi connectivity index (χ1) is 12.0. The molecule has 1 aliphatic heterocycles. The molecule has 0 N–H and O–H groups in total. The molecule has 1 heterocycles. The van der Waals surface area contributed by atoms with Gasteiger partial charge >= 0.3 is 0 Å². The highest BCUT2D eigenvalue weighted by Gasteiger charge is 2.35. The fraction of sp³-hybridized carbons (Fsp3) is 0.0526. The first-order valence-corrected chi connectivity index (χ1v) is 10.3. The molecule has 0 fully saturated rings. The Kier molecular flexibility index (Phi) is 3.74. The molecule has 0 aromatic heterocycles. The van der Waals surface area contributed by atoms with Crippen molar-refractivity contribution in [1.29, 1.82) is 0 Å². The molecule has 0 amide bonds. The van der Waals surface area contributed by atoms with Crippen LogP contribution in [0.1, 0.15) is 5.56 Å². The second-order valence-corrected chi connectivity index (χ2v) is 8.99. The molecule has 25 heavy (non-hydrogen) atoms. The van der Waals surface area contributed by atoms with Crippen molar-refractivity contribution in [3.8, 4) is 0 Å². The van der Waals surface area contributed by atoms with E-state index in [-0.39, 0.29) is 4.90 Å². The van der Waals surface area contributed by atoms with Gasteiger partial charge in [-0.1, -0.05) is 42.0 Å². The lowest BCUT2D eigenvalue weighted by Gasteiger charge is -2.31. The molecule has 4 rings (SSSR count). The van der Waals surface area contributed by atoms with Crippen LogP contribution in [0, 0.1) is 6.92 Å². The molecule has 126 valence electrons. The standard InChI is InChI=1S/C19H15NO3S2/c1-14-10-12-15(13-11-14)25(22,23)20-16-6-2-4-8-18(16)24(21)19-9-5-3-7-17(19)20/h2-13H,1H3. The van der Waals surface area contributed by atoms with Crippen LogP contribution in [0.15, 0.2) is 87.5 Å². The Labute approximate surface area is 149 Å². The minimum Gasteiger partial charge on any atom is -0.249 e. The summed E-state index contributed by atoms with van der Waals surface area (Å²) >= 11 is 0. The van der Waals surface area contributed by atoms with Crippen LogP contribution < -0.4 is 4.31 Å². The van der Waals surface area contributed by atoms with E-state index < -0.39 is 20.8 Å². The Morgan fingerprint density at radius 2 is 1.24 bits per heavy atom. The Bertz CT molecular complexity index is 1040. The molecular weight excluding hydrogens is 354 g/mol. The predicted octanol–water partition coefficient (Wildman–Crippen LogP) is 4.00. The van der Waals surface area contributed by atoms with E-state index in [1.807, 2.05) is 6.92 Å². The van der Waals surface area contributed by atoms with Crippen LogP contribution in [0.25, 0.3) is 0 Å². The molecule has 0 saturated heterocycles. The largest absolute Gasteiger partial charge is 0.268 e. The number of rotatable bonds is 2. The maximum atomic E-state index is 13.4. The van der Waals surface area contributed by atoms with Gasteiger partial charge in [-0.2, -0.15) is 0 Å². The molecule has 4 nitrogen and oxygen atoms in total. The van der Waals surface area contributed by atoms with Gasteiger partial charge < -0.3 is 0 Å². The van der Waals surface area contributed by atoms with Crippen molar-refractivity contribution in [3.05, 3.63) is 78.4 Å². The molecule has 0 radical (unpaired) electrons. The molecule has 6 heteroatoms. The molecule has 0 saturated carbocycles. The number of hydrogen-bond acceptors (Lipinski definition) is 3. The topological polar surface area (TPSA) is 54.5 Å². The van der Waals surface area contributed by atoms with Gasteiger partial charge in [0.05, 0.1) is 36.9 Å². The lowest BCUT2D eigenvalue weighted by molar-refractivity contribution is 0.595. The number of nitrogens with zero attached hydrogens (tertiary/aromatic N) is 1. The van der Waals surface area contributed by atoms with E-state index in [2.05, 4.69) is 0 Å². The van der Waals surface area contributed by atoms with Crippen molar-refractivity contribution in [2.24, 2.45) is 0 Å². The minimum absolute atomic E-state index is 0.204. The van der Waals surface area contributed by atoms with E-state index in [0.717, 1.165) is 5.56 Å². The number of benzene rings is 3. The summed E-state index contributed by atoms with van der Waals surface area (Å²) in [7, 11) is -5.24. The van der Waals surface area contributed by atoms with E-state index in [0.29, 0.717) is 21.2 Å². The van der Waals surface area contributed by atoms with Crippen LogP contribution in [0.4, 0.5) is 11.4 Å². The molecule has 3 aromatic carbocycles. The van der Waals surface area contributed by atoms with Gasteiger partial charge in [0.15, 0.2) is 0 Å². The van der Waals surface area contributed by atoms with Crippen LogP contribution in [0.5, 0.6) is 0 Å². The Morgan fingerprint density at radius 3 is 1.76 bits per heavy atom. The van der Waals surface area contributed by atoms with Crippen LogP contribution in [-0.2, 0) is 20.8 Å². The summed E-state index contributed by atoms with van der Waals surface area (Å²) in [6, 6.07) is 20.6. The fourth-order valence-electron chi connectivity index (χ4n) is 2.89. The van der Waals surface area contributed by atoms with E-state index in [1.165, 1.54) is 4.31 Å². The van der Waals surface area contributed by atoms with Crippen molar-refractivity contribution in [3.63, 3.8) is 0 Å². The Balaban J connectivity index is 2.00. The van der Waals surface area contributed by atoms with Crippen molar-refractivity contribution >= 4 is 32.2 Å². The van der Waals surface area contributed by atoms with E-state index >= 15 is 0 Å². The third kappa shape index (κ3) is 2.49. The van der Waals surface area contributed by atoms with E-state index in [4.69, 9.17) is 0 Å². The third-order valence-electron chi connectivity index (χ3n) is 4.13. The monoisotopic (exact) mass is 369 g/mol. The van der Waals surface area contributed by atoms with Gasteiger partial charge in [-0.25, -0.2) is 16.9 Å². The molecule has 0 bridgehead atoms. The maximum absolute atomic E-state index is 13.4. The van der Waals surface area contributed by atoms with Gasteiger partial charge in [0, 0.05) is 0 Å². The molecule has 0 aliphatic carbocycles. The quantitative estimate of drug-likeness (QED) is 0.686. The molecule has 0 atom stereocenters. The zero-order chi connectivity index (χ0) is 17.6. The van der Waals surface area contributed by atoms with Crippen LogP contribution >= 0.6 is 0 Å². The van der Waals surface area contributed by atoms with Gasteiger partial charge in [-0.3, -0.25) is 0 Å². The van der Waals surface area contributed by atoms with Crippen molar-refractivity contribution in [1.82, 2.24) is 0 Å². The van der Waals surface area contributed by atoms with Crippen molar-refractivity contribution < 1.29 is 12.6 Å². The average molecular weight is 369 g/mol. The first-order valence-electron chi connectivity index (χ1n) is 7.72. The SMILES string of the molecule is Cc1ccc(S(=O)(=O)N2c3ccccc3S(=O)c3ccccc32)cc1. The zero-order valence-corrected chi connectivity index (χ0v) is 15.0. The molecule has 0 unspecified atom stereocenters. The maximum Gasteiger partial charge on any atom is 0.268 e. The second-order valence-electron chi connectivity index (χ2n) is 5.79. The van der Waals surface area contributed by atoms with E-state index in [9.17, 15) is 12.6 Å². The highest BCUT2D eigenvalue weighted by molar-refractivity contribution is 7.93. The normalized spacial score (nSPS) is 14.0. The summed E-state index contributed by atoms with van der Waals surface area (Å²) in [4.78, 5) is 1.20. The van der Waals surface area contributed by atoms with Gasteiger partial charge in [0.1, 0.15) is 0 Å². The van der Waals surface area contributed by atoms with Gasteiger partial charge in [-0.05, 0) is 43.3 Å². The summed E-state index contributed by atoms with van der Waals surface area (Å²) in [5, 5.41) is 0. The molecule has 0 spiro atoms. The highest BCUT2D eigenvalue weighted by atomic mass is 32.2. The summed E-state index contributed by atoms with van der Waals surface area (Å²) < 4.78 is 40.9. The number of sulfonamides is 1. The van der Waals surface area contributed by atoms with Crippen LogP contribution in [0.2, 0.25) is 0 Å². The summed E-state index contributed by atoms with van der Waals surface area (Å²) in [6.07, 6.45) is 0. The first kappa shape index (κ1) is 16.1. The van der Waals surface area contributed by atoms with Crippen molar-refractivity contribution in [2.75, 3.05) is 4.31 Å². The summed E-state index contributed by atoms with van der Waals surface area (Å²) in [5.41, 5.74) is 1.85. The molecule has 1 aliphatic rings. The Morgan fingerprint density at radius 1 is 0.760 bits per heavy atom. The summed E-state index contributed by atoms with van der Waals surface area (Å²) in [5.74, 6) is 0. The second kappa shape index (κ2) is 5.82. The predicted molar refractivity (Wildman–Crippen MR) is 98.1 cm³/mol. The number of aryl methyl sites for hydroxylation is 1. The Hall–Kier alpha value is -2.44. The summed E-state index contributed by atoms with van der Waals surface area (Å²) in [6.45, 7) is 1.91. The number of anilines is 2. The smallest absolute Gasteiger partial charge is 0.249 e. The zero-order valence-electron chi connectivity index (χ0n) is 13.4. The third-order valence-corrected chi connectivity index (χ3v) is 7.36. The van der Waals surface area contributed by atoms with Crippen LogP contribution in [0.3, 0.4) is 0 Å². The van der Waals surface area contributed by atoms with Gasteiger partial charge in [0.25, 0.3) is 10.0 Å². The van der Waals surface area contributed by atoms with Gasteiger partial charge in [-0.15, -0.1) is 0 Å². The minimum atomic E-state index is -3.83. The van der Waals surface area contributed by atoms with E-state index in [1.54, 1.807) is 72.8 Å². The number of hydrogen-bond donors (Lipinski definition) is 0. The fourth-order valence-corrected chi connectivity index (χ4v) is 5.87. The average Bonchev–Trinajstić information content (AvgIpc) is 2.62. The molecular formula is C19H15NO3S2. The molecule has 3 aromatic rings. The highest BCUT2D eigenvalue weighted by Crippen LogP contribution is 2.44. The van der Waals surface area contributed by atoms with Gasteiger partial charge in [0.2, 0.25) is 0 Å². The van der Waals surface area contributed by atoms with Crippen LogP contribution in [-0.4, -0.2) is 12.6 Å². The number of para-hydroxylation sites is 2. The lowest BCUT2D eigenvalue weighted by atomic mass is 10.2. The lowest BCUT2D eigenvalue weighted by Crippen LogP contribution is -2.30. The van der Waals surface area contributed by atoms with Crippen molar-refractivity contribution in [2.45, 2.75) is 21.6 Å².